The number of carboxylic acid groups (broad SMARTS) is 1. The van der Waals surface area contributed by atoms with Crippen molar-refractivity contribution in [2.45, 2.75) is 48.1 Å². The van der Waals surface area contributed by atoms with Crippen LogP contribution in [0.5, 0.6) is 0 Å². The predicted molar refractivity (Wildman–Crippen MR) is 116 cm³/mol. The Hall–Kier alpha value is -2.00. The van der Waals surface area contributed by atoms with Crippen LogP contribution in [0.2, 0.25) is 0 Å². The third-order valence-electron chi connectivity index (χ3n) is 5.06. The van der Waals surface area contributed by atoms with Gasteiger partial charge in [-0.15, -0.1) is 23.5 Å². The van der Waals surface area contributed by atoms with Crippen molar-refractivity contribution in [3.63, 3.8) is 0 Å². The Morgan fingerprint density at radius 1 is 1.33 bits per heavy atom. The molecule has 2 aliphatic heterocycles. The molecule has 1 aromatic rings. The lowest BCUT2D eigenvalue weighted by molar-refractivity contribution is -0.149. The van der Waals surface area contributed by atoms with E-state index >= 15 is 0 Å². The van der Waals surface area contributed by atoms with Gasteiger partial charge >= 0.3 is 5.97 Å². The minimum atomic E-state index is -3.20. The molecule has 2 saturated heterocycles. The molecular weight excluding hydrogens is 424 g/mol. The highest BCUT2D eigenvalue weighted by molar-refractivity contribution is 8.00. The minimum absolute atomic E-state index is 0.0897. The highest BCUT2D eigenvalue weighted by Gasteiger charge is 2.42. The molecule has 4 atom stereocenters. The second kappa shape index (κ2) is 9.87. The number of aliphatic carboxylic acids is 1. The molecule has 9 heteroatoms. The Labute approximate surface area is 191 Å². The minimum Gasteiger partial charge on any atom is -0.480 e. The third-order valence-corrected chi connectivity index (χ3v) is 7.75. The van der Waals surface area contributed by atoms with Crippen molar-refractivity contribution in [2.24, 2.45) is 5.92 Å². The number of thioether (sulfide) groups is 2. The molecule has 1 aromatic carbocycles. The van der Waals surface area contributed by atoms with E-state index in [2.05, 4.69) is 0 Å². The number of carbonyl (C=O) groups is 4. The fraction of sp³-hybridized carbons (Fsp3) is 0.524. The van der Waals surface area contributed by atoms with Crippen LogP contribution in [0, 0.1) is 5.92 Å². The van der Waals surface area contributed by atoms with Crippen molar-refractivity contribution >= 4 is 47.2 Å². The summed E-state index contributed by atoms with van der Waals surface area (Å²) in [6.45, 7) is -4.46. The number of imide groups is 1. The fourth-order valence-corrected chi connectivity index (χ4v) is 5.90. The van der Waals surface area contributed by atoms with Crippen LogP contribution < -0.4 is 0 Å². The zero-order chi connectivity index (χ0) is 26.1. The van der Waals surface area contributed by atoms with E-state index in [9.17, 15) is 24.3 Å². The van der Waals surface area contributed by atoms with Crippen LogP contribution in [-0.4, -0.2) is 73.9 Å². The predicted octanol–water partition coefficient (Wildman–Crippen LogP) is 2.35. The molecule has 1 unspecified atom stereocenters. The lowest BCUT2D eigenvalue weighted by Crippen LogP contribution is -2.43. The van der Waals surface area contributed by atoms with Crippen molar-refractivity contribution in [3.05, 3.63) is 30.3 Å². The molecule has 0 spiro atoms. The van der Waals surface area contributed by atoms with Crippen LogP contribution >= 0.6 is 23.5 Å². The smallest absolute Gasteiger partial charge is 0.326 e. The maximum absolute atomic E-state index is 13.1. The molecule has 2 fully saturated rings. The lowest BCUT2D eigenvalue weighted by Gasteiger charge is -2.25. The maximum Gasteiger partial charge on any atom is 0.326 e. The van der Waals surface area contributed by atoms with Crippen LogP contribution in [0.3, 0.4) is 0 Å². The number of amides is 3. The number of rotatable bonds is 8. The van der Waals surface area contributed by atoms with Crippen molar-refractivity contribution in [1.82, 2.24) is 9.80 Å². The summed E-state index contributed by atoms with van der Waals surface area (Å²) in [5, 5.41) is 8.56. The Morgan fingerprint density at radius 2 is 2.07 bits per heavy atom. The normalized spacial score (nSPS) is 28.4. The summed E-state index contributed by atoms with van der Waals surface area (Å²) in [4.78, 5) is 52.3. The summed E-state index contributed by atoms with van der Waals surface area (Å²) in [6, 6.07) is 8.52. The van der Waals surface area contributed by atoms with Gasteiger partial charge in [0.2, 0.25) is 17.7 Å². The van der Waals surface area contributed by atoms with Crippen LogP contribution in [0.1, 0.15) is 33.5 Å². The van der Waals surface area contributed by atoms with Crippen molar-refractivity contribution in [2.75, 3.05) is 18.8 Å². The first-order chi connectivity index (χ1) is 16.2. The summed E-state index contributed by atoms with van der Waals surface area (Å²) in [7, 11) is 0. The van der Waals surface area contributed by atoms with Gasteiger partial charge in [0, 0.05) is 48.1 Å². The van der Waals surface area contributed by atoms with Gasteiger partial charge in [-0.05, 0) is 25.4 Å². The van der Waals surface area contributed by atoms with Crippen LogP contribution in [0.15, 0.2) is 35.2 Å². The van der Waals surface area contributed by atoms with Gasteiger partial charge in [0.1, 0.15) is 6.04 Å². The van der Waals surface area contributed by atoms with E-state index in [1.807, 2.05) is 30.3 Å². The average molecular weight is 456 g/mol. The van der Waals surface area contributed by atoms with E-state index in [1.54, 1.807) is 6.92 Å². The molecule has 0 aliphatic carbocycles. The van der Waals surface area contributed by atoms with Gasteiger partial charge in [0.25, 0.3) is 0 Å². The quantitative estimate of drug-likeness (QED) is 0.601. The third kappa shape index (κ3) is 5.00. The molecule has 1 N–H and O–H groups in total. The van der Waals surface area contributed by atoms with Gasteiger partial charge in [-0.1, -0.05) is 25.1 Å². The monoisotopic (exact) mass is 455 g/mol. The number of likely N-dealkylation sites (tertiary alicyclic amines) is 2. The summed E-state index contributed by atoms with van der Waals surface area (Å²) >= 11 is 2.48. The first-order valence-corrected chi connectivity index (χ1v) is 11.4. The van der Waals surface area contributed by atoms with Crippen LogP contribution in [0.4, 0.5) is 0 Å². The molecule has 0 radical (unpaired) electrons. The summed E-state index contributed by atoms with van der Waals surface area (Å²) < 4.78 is 37.4. The van der Waals surface area contributed by atoms with E-state index in [4.69, 9.17) is 6.85 Å². The van der Waals surface area contributed by atoms with E-state index in [1.165, 1.54) is 16.7 Å². The highest BCUT2D eigenvalue weighted by atomic mass is 32.2. The van der Waals surface area contributed by atoms with Gasteiger partial charge in [-0.25, -0.2) is 4.79 Å². The number of benzene rings is 1. The summed E-state index contributed by atoms with van der Waals surface area (Å²) in [5.41, 5.74) is 0. The van der Waals surface area contributed by atoms with E-state index in [0.717, 1.165) is 16.7 Å². The van der Waals surface area contributed by atoms with Gasteiger partial charge in [0.15, 0.2) is 0 Å². The molecule has 3 rings (SSSR count). The Bertz CT molecular complexity index is 994. The van der Waals surface area contributed by atoms with Gasteiger partial charge in [-0.3, -0.25) is 19.3 Å². The summed E-state index contributed by atoms with van der Waals surface area (Å²) in [6.07, 6.45) is -0.0630. The standard InChI is InChI=1S/C21H26N2O5S2/c1-3-22-18(24)10-17(20(22)26)29-12-13(2)19(25)23-11-15(9-16(23)21(27)28)30-14-7-5-4-6-8-14/h4-8,13,15-17H,3,9-12H2,1-2H3,(H,27,28)/t13-,15+,16+,17?/m1/s1/i1D3,3D2. The van der Waals surface area contributed by atoms with Gasteiger partial charge in [-0.2, -0.15) is 0 Å². The number of carboxylic acids is 1. The largest absolute Gasteiger partial charge is 0.480 e. The first kappa shape index (κ1) is 16.7. The second-order valence-electron chi connectivity index (χ2n) is 7.24. The van der Waals surface area contributed by atoms with Crippen molar-refractivity contribution < 1.29 is 31.1 Å². The Kier molecular flexibility index (Phi) is 5.48. The topological polar surface area (TPSA) is 95.0 Å². The summed E-state index contributed by atoms with van der Waals surface area (Å²) in [5.74, 6) is -3.91. The van der Waals surface area contributed by atoms with Gasteiger partial charge < -0.3 is 10.0 Å². The molecule has 0 aromatic heterocycles. The number of hydrogen-bond donors (Lipinski definition) is 1. The Balaban J connectivity index is 1.62. The number of hydrogen-bond acceptors (Lipinski definition) is 6. The lowest BCUT2D eigenvalue weighted by atomic mass is 10.1. The zero-order valence-corrected chi connectivity index (χ0v) is 17.9. The average Bonchev–Trinajstić information content (AvgIpc) is 3.32. The molecule has 0 bridgehead atoms. The number of nitrogens with zero attached hydrogens (tertiary/aromatic N) is 2. The molecule has 0 saturated carbocycles. The second-order valence-corrected chi connectivity index (χ2v) is 9.85. The Morgan fingerprint density at radius 3 is 2.73 bits per heavy atom. The van der Waals surface area contributed by atoms with Crippen LogP contribution in [0.25, 0.3) is 0 Å². The van der Waals surface area contributed by atoms with Crippen molar-refractivity contribution in [3.8, 4) is 0 Å². The van der Waals surface area contributed by atoms with Crippen LogP contribution in [-0.2, 0) is 19.2 Å². The molecule has 7 nitrogen and oxygen atoms in total. The highest BCUT2D eigenvalue weighted by Crippen LogP contribution is 2.34. The number of carbonyl (C=O) groups excluding carboxylic acids is 3. The zero-order valence-electron chi connectivity index (χ0n) is 21.3. The molecule has 162 valence electrons. The first-order valence-electron chi connectivity index (χ1n) is 12.0. The molecule has 30 heavy (non-hydrogen) atoms. The maximum atomic E-state index is 13.1. The SMILES string of the molecule is [2H]C([2H])([2H])C([2H])([2H])N1C(=O)CC(SC[C@@H](C)C(=O)N2C[C@@H](Sc3ccccc3)C[C@H]2C(=O)O)C1=O. The van der Waals surface area contributed by atoms with E-state index in [0.29, 0.717) is 6.42 Å². The molecular formula is C21H26N2O5S2. The fourth-order valence-electron chi connectivity index (χ4n) is 3.52. The molecule has 2 aliphatic rings. The van der Waals surface area contributed by atoms with E-state index < -0.39 is 48.3 Å². The van der Waals surface area contributed by atoms with Crippen molar-refractivity contribution in [1.29, 1.82) is 0 Å². The molecule has 3 amide bonds. The molecule has 2 heterocycles. The van der Waals surface area contributed by atoms with Gasteiger partial charge in [0.05, 0.1) is 5.25 Å². The van der Waals surface area contributed by atoms with E-state index in [-0.39, 0.29) is 34.8 Å².